The first kappa shape index (κ1) is 25.6. The Balaban J connectivity index is 2.15. The van der Waals surface area contributed by atoms with Gasteiger partial charge in [-0.2, -0.15) is 0 Å². The Kier molecular flexibility index (Phi) is 8.48. The average molecular weight is 597 g/mol. The highest BCUT2D eigenvalue weighted by molar-refractivity contribution is 9.11. The molecule has 0 saturated heterocycles. The number of carbonyl (C=O) groups is 1. The van der Waals surface area contributed by atoms with Gasteiger partial charge in [0.25, 0.3) is 0 Å². The zero-order valence-electron chi connectivity index (χ0n) is 18.8. The largest absolute Gasteiger partial charge is 0.496 e. The molecular weight excluding hydrogens is 572 g/mol. The highest BCUT2D eigenvalue weighted by atomic mass is 79.9. The Morgan fingerprint density at radius 2 is 1.61 bits per heavy atom. The number of benzene rings is 3. The van der Waals surface area contributed by atoms with Crippen LogP contribution < -0.4 is 9.47 Å². The molecule has 0 aliphatic heterocycles. The maximum atomic E-state index is 11.1. The van der Waals surface area contributed by atoms with E-state index in [4.69, 9.17) is 26.2 Å². The molecule has 1 atom stereocenters. The van der Waals surface area contributed by atoms with E-state index in [0.717, 1.165) is 28.0 Å². The number of alkyl halides is 1. The van der Waals surface area contributed by atoms with Crippen LogP contribution in [-0.4, -0.2) is 18.2 Å². The van der Waals surface area contributed by atoms with Crippen molar-refractivity contribution >= 4 is 49.4 Å². The minimum atomic E-state index is -0.898. The van der Waals surface area contributed by atoms with Gasteiger partial charge in [0.1, 0.15) is 11.5 Å². The van der Waals surface area contributed by atoms with E-state index < -0.39 is 11.3 Å². The number of ether oxygens (including phenoxy) is 2. The van der Waals surface area contributed by atoms with Crippen LogP contribution in [-0.2, 0) is 11.2 Å². The summed E-state index contributed by atoms with van der Waals surface area (Å²) in [7, 11) is 1.65. The zero-order valence-corrected chi connectivity index (χ0v) is 22.7. The monoisotopic (exact) mass is 594 g/mol. The molecule has 0 amide bonds. The van der Waals surface area contributed by atoms with E-state index >= 15 is 0 Å². The van der Waals surface area contributed by atoms with Crippen LogP contribution in [0.25, 0.3) is 0 Å². The molecule has 0 heterocycles. The topological polar surface area (TPSA) is 55.8 Å². The Labute approximate surface area is 216 Å². The van der Waals surface area contributed by atoms with Crippen molar-refractivity contribution in [3.05, 3.63) is 85.3 Å². The predicted molar refractivity (Wildman–Crippen MR) is 139 cm³/mol. The molecule has 0 aromatic heterocycles. The second-order valence-corrected chi connectivity index (χ2v) is 10.2. The molecule has 0 aliphatic carbocycles. The molecule has 3 rings (SSSR count). The van der Waals surface area contributed by atoms with Crippen molar-refractivity contribution in [1.29, 1.82) is 0 Å². The van der Waals surface area contributed by atoms with Gasteiger partial charge in [-0.3, -0.25) is 4.79 Å². The lowest BCUT2D eigenvalue weighted by Gasteiger charge is -2.22. The number of methoxy groups -OCH3 is 1. The first-order chi connectivity index (χ1) is 15.6. The van der Waals surface area contributed by atoms with Gasteiger partial charge >= 0.3 is 5.97 Å². The number of carboxylic acids is 1. The summed E-state index contributed by atoms with van der Waals surface area (Å²) >= 11 is 14.1. The van der Waals surface area contributed by atoms with Gasteiger partial charge in [-0.1, -0.05) is 38.1 Å². The molecule has 0 fully saturated rings. The van der Waals surface area contributed by atoms with E-state index in [9.17, 15) is 4.79 Å². The van der Waals surface area contributed by atoms with Crippen molar-refractivity contribution in [1.82, 2.24) is 0 Å². The maximum Gasteiger partial charge on any atom is 0.307 e. The standard InChI is InChI=1S/C26H25Br2ClO4/c1-14(2)18-12-23(33-26-20(27)9-16(10-21(26)28)11-24(30)31)19(13-22(18)32-4)25(29)17-8-6-5-7-15(17)3/h5-10,12-14,25H,11H2,1-4H3,(H,30,31). The van der Waals surface area contributed by atoms with Crippen LogP contribution in [0.4, 0.5) is 0 Å². The third-order valence-electron chi connectivity index (χ3n) is 5.34. The van der Waals surface area contributed by atoms with E-state index in [1.807, 2.05) is 43.3 Å². The minimum absolute atomic E-state index is 0.0835. The fraction of sp³-hybridized carbons (Fsp3) is 0.269. The van der Waals surface area contributed by atoms with Gasteiger partial charge in [-0.25, -0.2) is 0 Å². The van der Waals surface area contributed by atoms with Crippen molar-refractivity contribution in [2.45, 2.75) is 38.5 Å². The zero-order chi connectivity index (χ0) is 24.3. The predicted octanol–water partition coefficient (Wildman–Crippen LogP) is 8.40. The number of aryl methyl sites for hydroxylation is 1. The minimum Gasteiger partial charge on any atom is -0.496 e. The summed E-state index contributed by atoms with van der Waals surface area (Å²) in [5.41, 5.74) is 4.50. The normalized spacial score (nSPS) is 12.0. The molecule has 0 aliphatic rings. The van der Waals surface area contributed by atoms with Gasteiger partial charge in [0.2, 0.25) is 0 Å². The molecule has 0 saturated carbocycles. The number of rotatable bonds is 8. The number of aliphatic carboxylic acids is 1. The van der Waals surface area contributed by atoms with Crippen LogP contribution in [0.5, 0.6) is 17.2 Å². The van der Waals surface area contributed by atoms with E-state index in [0.29, 0.717) is 26.0 Å². The Bertz CT molecular complexity index is 1150. The van der Waals surface area contributed by atoms with Crippen molar-refractivity contribution in [2.24, 2.45) is 0 Å². The molecule has 174 valence electrons. The quantitative estimate of drug-likeness (QED) is 0.265. The summed E-state index contributed by atoms with van der Waals surface area (Å²) in [6.07, 6.45) is -0.0835. The fourth-order valence-electron chi connectivity index (χ4n) is 3.64. The van der Waals surface area contributed by atoms with Gasteiger partial charge in [-0.05, 0) is 85.7 Å². The lowest BCUT2D eigenvalue weighted by atomic mass is 9.94. The number of hydrogen-bond donors (Lipinski definition) is 1. The smallest absolute Gasteiger partial charge is 0.307 e. The van der Waals surface area contributed by atoms with Crippen LogP contribution in [0, 0.1) is 6.92 Å². The van der Waals surface area contributed by atoms with Crippen LogP contribution in [0.2, 0.25) is 0 Å². The summed E-state index contributed by atoms with van der Waals surface area (Å²) in [6, 6.07) is 15.4. The molecule has 0 bridgehead atoms. The fourth-order valence-corrected chi connectivity index (χ4v) is 5.50. The molecule has 4 nitrogen and oxygen atoms in total. The molecule has 1 N–H and O–H groups in total. The maximum absolute atomic E-state index is 11.1. The van der Waals surface area contributed by atoms with Gasteiger partial charge in [0.05, 0.1) is 27.9 Å². The molecule has 3 aromatic rings. The molecule has 0 spiro atoms. The molecule has 33 heavy (non-hydrogen) atoms. The third-order valence-corrected chi connectivity index (χ3v) is 6.99. The van der Waals surface area contributed by atoms with Crippen LogP contribution >= 0.6 is 43.5 Å². The lowest BCUT2D eigenvalue weighted by Crippen LogP contribution is -2.04. The first-order valence-corrected chi connectivity index (χ1v) is 12.4. The molecule has 0 radical (unpaired) electrons. The molecular formula is C26H25Br2ClO4. The van der Waals surface area contributed by atoms with Crippen molar-refractivity contribution in [3.8, 4) is 17.2 Å². The second-order valence-electron chi connectivity index (χ2n) is 8.07. The molecule has 3 aromatic carbocycles. The van der Waals surface area contributed by atoms with E-state index in [2.05, 4.69) is 45.7 Å². The third kappa shape index (κ3) is 5.92. The van der Waals surface area contributed by atoms with Crippen molar-refractivity contribution in [3.63, 3.8) is 0 Å². The summed E-state index contributed by atoms with van der Waals surface area (Å²) < 4.78 is 13.4. The molecule has 7 heteroatoms. The van der Waals surface area contributed by atoms with Gasteiger partial charge in [-0.15, -0.1) is 11.6 Å². The van der Waals surface area contributed by atoms with Crippen LogP contribution in [0.15, 0.2) is 57.5 Å². The first-order valence-electron chi connectivity index (χ1n) is 10.4. The van der Waals surface area contributed by atoms with Crippen LogP contribution in [0.1, 0.15) is 53.0 Å². The summed E-state index contributed by atoms with van der Waals surface area (Å²) in [5.74, 6) is 1.20. The summed E-state index contributed by atoms with van der Waals surface area (Å²) in [4.78, 5) is 11.1. The summed E-state index contributed by atoms with van der Waals surface area (Å²) in [5, 5.41) is 8.67. The average Bonchev–Trinajstić information content (AvgIpc) is 2.75. The molecule has 1 unspecified atom stereocenters. The van der Waals surface area contributed by atoms with Crippen LogP contribution in [0.3, 0.4) is 0 Å². The highest BCUT2D eigenvalue weighted by Crippen LogP contribution is 2.46. The van der Waals surface area contributed by atoms with Crippen molar-refractivity contribution in [2.75, 3.05) is 7.11 Å². The van der Waals surface area contributed by atoms with E-state index in [1.165, 1.54) is 0 Å². The van der Waals surface area contributed by atoms with Gasteiger partial charge in [0, 0.05) is 11.1 Å². The van der Waals surface area contributed by atoms with Gasteiger partial charge < -0.3 is 14.6 Å². The van der Waals surface area contributed by atoms with Gasteiger partial charge in [0.15, 0.2) is 5.75 Å². The number of carboxylic acid groups (broad SMARTS) is 1. The highest BCUT2D eigenvalue weighted by Gasteiger charge is 2.23. The number of hydrogen-bond acceptors (Lipinski definition) is 3. The lowest BCUT2D eigenvalue weighted by molar-refractivity contribution is -0.136. The second kappa shape index (κ2) is 10.9. The summed E-state index contributed by atoms with van der Waals surface area (Å²) in [6.45, 7) is 6.21. The Morgan fingerprint density at radius 1 is 1.00 bits per heavy atom. The Morgan fingerprint density at radius 3 is 2.15 bits per heavy atom. The van der Waals surface area contributed by atoms with E-state index in [1.54, 1.807) is 19.2 Å². The van der Waals surface area contributed by atoms with E-state index in [-0.39, 0.29) is 12.3 Å². The number of halogens is 3. The Hall–Kier alpha value is -2.02. The SMILES string of the molecule is COc1cc(C(Cl)c2ccccc2C)c(Oc2c(Br)cc(CC(=O)O)cc2Br)cc1C(C)C. The van der Waals surface area contributed by atoms with Crippen molar-refractivity contribution < 1.29 is 19.4 Å².